The van der Waals surface area contributed by atoms with Gasteiger partial charge in [0.2, 0.25) is 5.78 Å². The topological polar surface area (TPSA) is 69.0 Å². The molecular weight excluding hydrogens is 410 g/mol. The number of hydrogen-bond acceptors (Lipinski definition) is 3. The number of hydrogen-bond donors (Lipinski definition) is 0. The monoisotopic (exact) mass is 427 g/mol. The summed E-state index contributed by atoms with van der Waals surface area (Å²) in [7, 11) is 0. The van der Waals surface area contributed by atoms with E-state index in [1.807, 2.05) is 29.0 Å². The van der Waals surface area contributed by atoms with Gasteiger partial charge in [-0.2, -0.15) is 0 Å². The molecule has 3 aromatic rings. The van der Waals surface area contributed by atoms with E-state index in [1.165, 1.54) is 24.3 Å². The van der Waals surface area contributed by atoms with E-state index in [0.29, 0.717) is 5.56 Å². The number of rotatable bonds is 5. The smallest absolute Gasteiger partial charge is 0.269 e. The molecule has 0 bridgehead atoms. The van der Waals surface area contributed by atoms with E-state index in [9.17, 15) is 14.9 Å². The van der Waals surface area contributed by atoms with E-state index in [2.05, 4.69) is 16.7 Å². The maximum atomic E-state index is 12.6. The van der Waals surface area contributed by atoms with Gasteiger partial charge in [-0.05, 0) is 18.6 Å². The van der Waals surface area contributed by atoms with E-state index < -0.39 is 4.92 Å². The van der Waals surface area contributed by atoms with Crippen molar-refractivity contribution in [1.29, 1.82) is 0 Å². The van der Waals surface area contributed by atoms with Gasteiger partial charge in [-0.1, -0.05) is 30.3 Å². The van der Waals surface area contributed by atoms with Gasteiger partial charge in [0.15, 0.2) is 12.2 Å². The van der Waals surface area contributed by atoms with Gasteiger partial charge in [0.1, 0.15) is 6.20 Å². The molecule has 27 heavy (non-hydrogen) atoms. The lowest BCUT2D eigenvalue weighted by atomic mass is 10.1. The van der Waals surface area contributed by atoms with Crippen LogP contribution in [0.2, 0.25) is 0 Å². The molecule has 0 amide bonds. The fourth-order valence-corrected chi connectivity index (χ4v) is 3.50. The summed E-state index contributed by atoms with van der Waals surface area (Å²) in [6.07, 6.45) is 4.05. The van der Waals surface area contributed by atoms with Crippen LogP contribution < -0.4 is 21.5 Å². The Bertz CT molecular complexity index is 982. The van der Waals surface area contributed by atoms with E-state index in [-0.39, 0.29) is 35.0 Å². The largest absolute Gasteiger partial charge is 1.00 e. The number of carbonyl (C=O) groups excluding carboxylic acids is 1. The summed E-state index contributed by atoms with van der Waals surface area (Å²) in [5, 5.41) is 10.8. The van der Waals surface area contributed by atoms with Gasteiger partial charge in [0.25, 0.3) is 11.5 Å². The van der Waals surface area contributed by atoms with Crippen LogP contribution in [-0.4, -0.2) is 15.3 Å². The number of nitro benzene ring substituents is 1. The van der Waals surface area contributed by atoms with Crippen LogP contribution in [0, 0.1) is 10.1 Å². The first-order valence-electron chi connectivity index (χ1n) is 8.58. The number of nitro groups is 1. The molecule has 4 rings (SSSR count). The third kappa shape index (κ3) is 3.68. The van der Waals surface area contributed by atoms with Gasteiger partial charge in [-0.15, -0.1) is 0 Å². The SMILES string of the molecule is O=C(C[n+]1cc(-c2ccccc2)n2c1CCC2)c1ccc([N+](=O)[O-])cc1.[Br-]. The predicted octanol–water partition coefficient (Wildman–Crippen LogP) is 0.184. The number of ketones is 1. The fraction of sp³-hybridized carbons (Fsp3) is 0.200. The first-order chi connectivity index (χ1) is 12.6. The summed E-state index contributed by atoms with van der Waals surface area (Å²) in [4.78, 5) is 22.9. The molecule has 6 nitrogen and oxygen atoms in total. The molecule has 138 valence electrons. The number of halogens is 1. The number of non-ortho nitro benzene ring substituents is 1. The normalized spacial score (nSPS) is 12.3. The number of benzene rings is 2. The van der Waals surface area contributed by atoms with Crippen molar-refractivity contribution in [3.05, 3.63) is 82.3 Å². The average Bonchev–Trinajstić information content (AvgIpc) is 3.26. The van der Waals surface area contributed by atoms with Crippen LogP contribution in [0.5, 0.6) is 0 Å². The molecule has 0 fully saturated rings. The maximum absolute atomic E-state index is 12.6. The van der Waals surface area contributed by atoms with Crippen LogP contribution in [0.25, 0.3) is 11.3 Å². The van der Waals surface area contributed by atoms with Crippen LogP contribution >= 0.6 is 0 Å². The highest BCUT2D eigenvalue weighted by Crippen LogP contribution is 2.24. The van der Waals surface area contributed by atoms with Gasteiger partial charge < -0.3 is 17.0 Å². The van der Waals surface area contributed by atoms with Crippen LogP contribution in [0.3, 0.4) is 0 Å². The van der Waals surface area contributed by atoms with Crippen LogP contribution in [0.15, 0.2) is 60.8 Å². The Morgan fingerprint density at radius 2 is 1.81 bits per heavy atom. The number of aromatic nitrogens is 2. The highest BCUT2D eigenvalue weighted by atomic mass is 79.9. The van der Waals surface area contributed by atoms with Gasteiger partial charge >= 0.3 is 0 Å². The molecule has 0 radical (unpaired) electrons. The molecule has 2 aromatic carbocycles. The van der Waals surface area contributed by atoms with Crippen molar-refractivity contribution in [1.82, 2.24) is 4.57 Å². The van der Waals surface area contributed by atoms with Crippen molar-refractivity contribution < 1.29 is 31.3 Å². The first kappa shape index (κ1) is 19.0. The third-order valence-electron chi connectivity index (χ3n) is 4.78. The highest BCUT2D eigenvalue weighted by Gasteiger charge is 2.29. The third-order valence-corrected chi connectivity index (χ3v) is 4.78. The zero-order valence-corrected chi connectivity index (χ0v) is 16.1. The molecule has 0 N–H and O–H groups in total. The second-order valence-electron chi connectivity index (χ2n) is 6.41. The summed E-state index contributed by atoms with van der Waals surface area (Å²) >= 11 is 0. The predicted molar refractivity (Wildman–Crippen MR) is 95.8 cm³/mol. The molecule has 2 heterocycles. The van der Waals surface area contributed by atoms with E-state index in [4.69, 9.17) is 0 Å². The van der Waals surface area contributed by atoms with Gasteiger partial charge in [-0.3, -0.25) is 14.9 Å². The number of carbonyl (C=O) groups is 1. The summed E-state index contributed by atoms with van der Waals surface area (Å²) in [5.74, 6) is 1.10. The van der Waals surface area contributed by atoms with Gasteiger partial charge in [-0.25, -0.2) is 9.13 Å². The van der Waals surface area contributed by atoms with E-state index >= 15 is 0 Å². The first-order valence-corrected chi connectivity index (χ1v) is 8.58. The van der Waals surface area contributed by atoms with E-state index in [0.717, 1.165) is 36.5 Å². The lowest BCUT2D eigenvalue weighted by molar-refractivity contribution is -0.689. The van der Waals surface area contributed by atoms with Gasteiger partial charge in [0.05, 0.1) is 17.9 Å². The van der Waals surface area contributed by atoms with Gasteiger partial charge in [0, 0.05) is 23.3 Å². The number of Topliss-reactive ketones (excluding diaryl/α,β-unsaturated/α-hetero) is 1. The van der Waals surface area contributed by atoms with Crippen LogP contribution in [0.1, 0.15) is 22.6 Å². The van der Waals surface area contributed by atoms with Crippen LogP contribution in [-0.2, 0) is 19.5 Å². The minimum atomic E-state index is -0.462. The Morgan fingerprint density at radius 3 is 2.48 bits per heavy atom. The molecule has 0 atom stereocenters. The lowest BCUT2D eigenvalue weighted by Crippen LogP contribution is -3.00. The van der Waals surface area contributed by atoms with Crippen molar-refractivity contribution >= 4 is 11.5 Å². The van der Waals surface area contributed by atoms with Crippen molar-refractivity contribution in [2.24, 2.45) is 0 Å². The molecule has 1 aliphatic heterocycles. The van der Waals surface area contributed by atoms with Crippen molar-refractivity contribution in [2.45, 2.75) is 25.9 Å². The maximum Gasteiger partial charge on any atom is 0.269 e. The molecule has 0 spiro atoms. The van der Waals surface area contributed by atoms with E-state index in [1.54, 1.807) is 0 Å². The number of fused-ring (bicyclic) bond motifs is 1. The molecule has 0 saturated heterocycles. The minimum absolute atomic E-state index is 0. The minimum Gasteiger partial charge on any atom is -1.00 e. The molecule has 0 unspecified atom stereocenters. The Kier molecular flexibility index (Phi) is 5.51. The molecule has 7 heteroatoms. The molecule has 1 aliphatic rings. The quantitative estimate of drug-likeness (QED) is 0.252. The Labute approximate surface area is 167 Å². The Hall–Kier alpha value is -2.80. The fourth-order valence-electron chi connectivity index (χ4n) is 3.50. The molecule has 0 aliphatic carbocycles. The molecule has 0 saturated carbocycles. The number of nitrogens with zero attached hydrogens (tertiary/aromatic N) is 3. The molecular formula is C20H18BrN3O3. The zero-order chi connectivity index (χ0) is 18.1. The second kappa shape index (κ2) is 7.84. The second-order valence-corrected chi connectivity index (χ2v) is 6.41. The number of imidazole rings is 1. The summed E-state index contributed by atoms with van der Waals surface area (Å²) < 4.78 is 4.29. The average molecular weight is 428 g/mol. The molecule has 1 aromatic heterocycles. The summed E-state index contributed by atoms with van der Waals surface area (Å²) in [6.45, 7) is 1.19. The van der Waals surface area contributed by atoms with Crippen LogP contribution in [0.4, 0.5) is 5.69 Å². The van der Waals surface area contributed by atoms with Crippen molar-refractivity contribution in [3.8, 4) is 11.3 Å². The standard InChI is InChI=1S/C20H18N3O3.BrH/c24-19(16-8-10-17(11-9-16)23(25)26)14-21-13-18(15-5-2-1-3-6-15)22-12-4-7-20(21)22;/h1-3,5-6,8-11,13H,4,7,12,14H2;1H/q+1;/p-1. The highest BCUT2D eigenvalue weighted by molar-refractivity contribution is 5.95. The Morgan fingerprint density at radius 1 is 1.11 bits per heavy atom. The summed E-state index contributed by atoms with van der Waals surface area (Å²) in [5.41, 5.74) is 2.74. The Balaban J connectivity index is 0.00000210. The lowest BCUT2D eigenvalue weighted by Gasteiger charge is -2.00. The summed E-state index contributed by atoms with van der Waals surface area (Å²) in [6, 6.07) is 15.9. The van der Waals surface area contributed by atoms with Crippen molar-refractivity contribution in [3.63, 3.8) is 0 Å². The van der Waals surface area contributed by atoms with Crippen molar-refractivity contribution in [2.75, 3.05) is 0 Å². The zero-order valence-electron chi connectivity index (χ0n) is 14.5.